The standard InChI is InChI=1S/C16H8BrClN2O2.C16H10BrClN2O.O2Se/c17-10-7-14-12(19-8-10)4-5-13(20-14)16(22)15(21)9-2-1-3-11(18)6-9;17-11-7-15-14(19-9-11)5-4-13(20-15)8-16(21)10-2-1-3-12(18)6-10;1-3-2/h1-8H;1-7,9H,8H2;. The van der Waals surface area contributed by atoms with Crippen LogP contribution < -0.4 is 0 Å². The van der Waals surface area contributed by atoms with Crippen LogP contribution in [0.2, 0.25) is 10.0 Å². The molecule has 2 aromatic carbocycles. The molecule has 0 aliphatic rings. The van der Waals surface area contributed by atoms with Crippen LogP contribution in [0.15, 0.2) is 106 Å². The first kappa shape index (κ1) is 35.1. The Bertz CT molecular complexity index is 2150. The van der Waals surface area contributed by atoms with Gasteiger partial charge in [0.05, 0.1) is 28.5 Å². The molecule has 0 bridgehead atoms. The van der Waals surface area contributed by atoms with E-state index < -0.39 is 26.4 Å². The normalized spacial score (nSPS) is 10.3. The van der Waals surface area contributed by atoms with Crippen molar-refractivity contribution in [1.29, 1.82) is 0 Å². The van der Waals surface area contributed by atoms with Gasteiger partial charge in [-0.1, -0.05) is 47.5 Å². The Balaban J connectivity index is 0.000000193. The van der Waals surface area contributed by atoms with Crippen molar-refractivity contribution in [3.05, 3.63) is 139 Å². The number of ketones is 3. The number of rotatable bonds is 6. The van der Waals surface area contributed by atoms with Crippen molar-refractivity contribution in [2.45, 2.75) is 6.42 Å². The zero-order chi connectivity index (χ0) is 33.2. The van der Waals surface area contributed by atoms with Gasteiger partial charge in [-0.2, -0.15) is 0 Å². The van der Waals surface area contributed by atoms with Gasteiger partial charge in [-0.05, 0) is 92.5 Å². The van der Waals surface area contributed by atoms with Crippen LogP contribution in [0.25, 0.3) is 22.1 Å². The summed E-state index contributed by atoms with van der Waals surface area (Å²) in [6.07, 6.45) is 3.60. The third-order valence-corrected chi connectivity index (χ3v) is 7.42. The number of fused-ring (bicyclic) bond motifs is 2. The Morgan fingerprint density at radius 3 is 1.74 bits per heavy atom. The minimum absolute atomic E-state index is 0.00712. The molecule has 4 aromatic heterocycles. The predicted molar refractivity (Wildman–Crippen MR) is 181 cm³/mol. The fourth-order valence-electron chi connectivity index (χ4n) is 4.04. The Labute approximate surface area is 294 Å². The third-order valence-electron chi connectivity index (χ3n) is 6.08. The molecule has 6 rings (SSSR count). The fraction of sp³-hybridized carbons (Fsp3) is 0.0312. The summed E-state index contributed by atoms with van der Waals surface area (Å²) in [7, 11) is 0. The van der Waals surface area contributed by atoms with Crippen LogP contribution in [-0.4, -0.2) is 52.1 Å². The fourth-order valence-corrected chi connectivity index (χ4v) is 5.06. The molecule has 9 nitrogen and oxygen atoms in total. The molecule has 46 heavy (non-hydrogen) atoms. The topological polar surface area (TPSA) is 137 Å². The summed E-state index contributed by atoms with van der Waals surface area (Å²) in [5.74, 6) is -1.33. The van der Waals surface area contributed by atoms with Crippen LogP contribution in [-0.2, 0) is 14.1 Å². The van der Waals surface area contributed by atoms with E-state index in [0.717, 1.165) is 20.0 Å². The van der Waals surface area contributed by atoms with E-state index in [0.29, 0.717) is 32.3 Å². The van der Waals surface area contributed by atoms with E-state index >= 15 is 0 Å². The summed E-state index contributed by atoms with van der Waals surface area (Å²) in [5.41, 5.74) is 4.39. The summed E-state index contributed by atoms with van der Waals surface area (Å²) in [6, 6.07) is 23.7. The Morgan fingerprint density at radius 2 is 1.15 bits per heavy atom. The summed E-state index contributed by atoms with van der Waals surface area (Å²) >= 11 is 16.8. The van der Waals surface area contributed by atoms with Gasteiger partial charge in [0, 0.05) is 48.2 Å². The van der Waals surface area contributed by atoms with Crippen molar-refractivity contribution in [2.75, 3.05) is 0 Å². The van der Waals surface area contributed by atoms with E-state index in [1.54, 1.807) is 67.0 Å². The number of carbonyl (C=O) groups excluding carboxylic acids is 3. The molecule has 0 aliphatic heterocycles. The van der Waals surface area contributed by atoms with Crippen molar-refractivity contribution in [3.8, 4) is 0 Å². The number of aromatic nitrogens is 4. The van der Waals surface area contributed by atoms with E-state index in [1.807, 2.05) is 18.2 Å². The van der Waals surface area contributed by atoms with E-state index in [2.05, 4.69) is 51.8 Å². The molecule has 4 heterocycles. The van der Waals surface area contributed by atoms with Crippen molar-refractivity contribution in [2.24, 2.45) is 0 Å². The monoisotopic (exact) mass is 846 g/mol. The number of halogens is 4. The minimum atomic E-state index is -1.62. The number of Topliss-reactive ketones (excluding diaryl/α,β-unsaturated/α-hetero) is 3. The first-order valence-corrected chi connectivity index (χ1v) is 16.7. The molecule has 0 amide bonds. The van der Waals surface area contributed by atoms with Crippen molar-refractivity contribution < 1.29 is 22.1 Å². The first-order valence-electron chi connectivity index (χ1n) is 13.0. The van der Waals surface area contributed by atoms with E-state index in [9.17, 15) is 14.4 Å². The molecule has 0 saturated carbocycles. The van der Waals surface area contributed by atoms with Crippen molar-refractivity contribution in [3.63, 3.8) is 0 Å². The summed E-state index contributed by atoms with van der Waals surface area (Å²) in [4.78, 5) is 53.9. The predicted octanol–water partition coefficient (Wildman–Crippen LogP) is 7.96. The maximum atomic E-state index is 12.3. The molecule has 230 valence electrons. The van der Waals surface area contributed by atoms with Crippen LogP contribution >= 0.6 is 55.1 Å². The number of carbonyl (C=O) groups is 3. The van der Waals surface area contributed by atoms with E-state index in [4.69, 9.17) is 30.9 Å². The molecule has 0 atom stereocenters. The number of pyridine rings is 4. The summed E-state index contributed by atoms with van der Waals surface area (Å²) < 4.78 is 18.5. The Morgan fingerprint density at radius 1 is 0.630 bits per heavy atom. The second kappa shape index (κ2) is 16.7. The molecule has 0 spiro atoms. The van der Waals surface area contributed by atoms with Gasteiger partial charge in [0.25, 0.3) is 5.78 Å². The van der Waals surface area contributed by atoms with Gasteiger partial charge in [-0.25, -0.2) is 4.98 Å². The number of benzene rings is 2. The average Bonchev–Trinajstić information content (AvgIpc) is 3.04. The van der Waals surface area contributed by atoms with Gasteiger partial charge in [-0.3, -0.25) is 29.3 Å². The van der Waals surface area contributed by atoms with Crippen LogP contribution in [0, 0.1) is 0 Å². The van der Waals surface area contributed by atoms with E-state index in [-0.39, 0.29) is 23.5 Å². The number of hydrogen-bond donors (Lipinski definition) is 0. The maximum absolute atomic E-state index is 12.3. The van der Waals surface area contributed by atoms with Gasteiger partial charge < -0.3 is 0 Å². The zero-order valence-corrected chi connectivity index (χ0v) is 29.6. The molecule has 0 saturated heterocycles. The van der Waals surface area contributed by atoms with Gasteiger partial charge in [0.1, 0.15) is 5.69 Å². The van der Waals surface area contributed by atoms with Crippen molar-refractivity contribution >= 4 is 109 Å². The Hall–Kier alpha value is -3.77. The van der Waals surface area contributed by atoms with Crippen LogP contribution in [0.3, 0.4) is 0 Å². The molecule has 14 heteroatoms. The Kier molecular flexibility index (Phi) is 12.7. The van der Waals surface area contributed by atoms with Gasteiger partial charge >= 0.3 is 22.5 Å². The molecule has 0 unspecified atom stereocenters. The second-order valence-corrected chi connectivity index (χ2v) is 12.2. The van der Waals surface area contributed by atoms with Crippen LogP contribution in [0.4, 0.5) is 0 Å². The van der Waals surface area contributed by atoms with E-state index in [1.165, 1.54) is 12.1 Å². The third kappa shape index (κ3) is 9.62. The van der Waals surface area contributed by atoms with Crippen molar-refractivity contribution in [1.82, 2.24) is 19.9 Å². The van der Waals surface area contributed by atoms with Gasteiger partial charge in [0.15, 0.2) is 5.78 Å². The van der Waals surface area contributed by atoms with Crippen LogP contribution in [0.1, 0.15) is 36.9 Å². The zero-order valence-electron chi connectivity index (χ0n) is 23.2. The average molecular weight is 848 g/mol. The molecular weight excluding hydrogens is 830 g/mol. The van der Waals surface area contributed by atoms with Gasteiger partial charge in [-0.15, -0.1) is 0 Å². The SMILES string of the molecule is O=C(C(=O)c1ccc2ncc(Br)cc2n1)c1cccc(Cl)c1.O=C(Cc1ccc2ncc(Br)cc2n1)c1cccc(Cl)c1.O=[Se]=O. The summed E-state index contributed by atoms with van der Waals surface area (Å²) in [6.45, 7) is 0. The number of nitrogens with zero attached hydrogens (tertiary/aromatic N) is 4. The number of hydrogen-bond acceptors (Lipinski definition) is 9. The first-order chi connectivity index (χ1) is 22.1. The van der Waals surface area contributed by atoms with Gasteiger partial charge in [0.2, 0.25) is 5.78 Å². The summed E-state index contributed by atoms with van der Waals surface area (Å²) in [5, 5.41) is 0.957. The molecule has 0 N–H and O–H groups in total. The quantitative estimate of drug-likeness (QED) is 0.0929. The molecular formula is C32H18Br2Cl2N4O5Se. The van der Waals surface area contributed by atoms with Crippen LogP contribution in [0.5, 0.6) is 0 Å². The molecule has 0 radical (unpaired) electrons. The second-order valence-electron chi connectivity index (χ2n) is 9.23. The molecule has 0 aliphatic carbocycles. The molecule has 0 fully saturated rings. The molecule has 6 aromatic rings.